The highest BCUT2D eigenvalue weighted by Crippen LogP contribution is 2.23. The lowest BCUT2D eigenvalue weighted by Gasteiger charge is -2.45. The van der Waals surface area contributed by atoms with Crippen LogP contribution in [0.1, 0.15) is 25.8 Å². The van der Waals surface area contributed by atoms with Crippen molar-refractivity contribution in [2.45, 2.75) is 38.9 Å². The number of methoxy groups -OCH3 is 1. The molecule has 2 amide bonds. The Morgan fingerprint density at radius 1 is 1.23 bits per heavy atom. The molecular weight excluding hydrogens is 382 g/mol. The molecule has 4 rings (SSSR count). The van der Waals surface area contributed by atoms with Gasteiger partial charge in [-0.15, -0.1) is 0 Å². The van der Waals surface area contributed by atoms with E-state index in [-0.39, 0.29) is 17.9 Å². The summed E-state index contributed by atoms with van der Waals surface area (Å²) in [5.74, 6) is 1.12. The molecule has 2 saturated heterocycles. The third-order valence-electron chi connectivity index (χ3n) is 5.75. The van der Waals surface area contributed by atoms with Crippen LogP contribution in [0.5, 0.6) is 5.75 Å². The highest BCUT2D eigenvalue weighted by atomic mass is 16.5. The van der Waals surface area contributed by atoms with Gasteiger partial charge in [-0.25, -0.2) is 4.68 Å². The van der Waals surface area contributed by atoms with Gasteiger partial charge in [-0.1, -0.05) is 26.0 Å². The summed E-state index contributed by atoms with van der Waals surface area (Å²) >= 11 is 0. The van der Waals surface area contributed by atoms with Crippen LogP contribution in [0.15, 0.2) is 36.7 Å². The van der Waals surface area contributed by atoms with Crippen molar-refractivity contribution in [3.63, 3.8) is 0 Å². The van der Waals surface area contributed by atoms with Crippen molar-refractivity contribution in [2.75, 3.05) is 26.7 Å². The molecule has 0 spiro atoms. The van der Waals surface area contributed by atoms with Crippen LogP contribution >= 0.6 is 0 Å². The van der Waals surface area contributed by atoms with Gasteiger partial charge in [0, 0.05) is 37.9 Å². The fourth-order valence-electron chi connectivity index (χ4n) is 4.28. The number of para-hydroxylation sites is 2. The van der Waals surface area contributed by atoms with Crippen molar-refractivity contribution in [1.29, 1.82) is 0 Å². The minimum Gasteiger partial charge on any atom is -0.494 e. The average molecular weight is 412 g/mol. The first-order chi connectivity index (χ1) is 14.5. The second-order valence-electron chi connectivity index (χ2n) is 8.44. The molecule has 1 aromatic heterocycles. The van der Waals surface area contributed by atoms with Gasteiger partial charge in [0.05, 0.1) is 13.3 Å². The van der Waals surface area contributed by atoms with Gasteiger partial charge >= 0.3 is 0 Å². The van der Waals surface area contributed by atoms with Crippen molar-refractivity contribution in [2.24, 2.45) is 5.92 Å². The number of piperazine rings is 2. The number of hydrogen-bond donors (Lipinski definition) is 1. The molecule has 0 radical (unpaired) electrons. The van der Waals surface area contributed by atoms with E-state index in [1.165, 1.54) is 0 Å². The zero-order valence-electron chi connectivity index (χ0n) is 17.7. The van der Waals surface area contributed by atoms with E-state index in [2.05, 4.69) is 29.2 Å². The minimum absolute atomic E-state index is 0.0466. The highest BCUT2D eigenvalue weighted by Gasteiger charge is 2.43. The first-order valence-corrected chi connectivity index (χ1v) is 10.5. The predicted molar refractivity (Wildman–Crippen MR) is 112 cm³/mol. The number of rotatable bonds is 6. The number of aromatic nitrogens is 2. The molecule has 160 valence electrons. The Kier molecular flexibility index (Phi) is 5.76. The molecule has 8 nitrogen and oxygen atoms in total. The maximum absolute atomic E-state index is 12.8. The third-order valence-corrected chi connectivity index (χ3v) is 5.75. The van der Waals surface area contributed by atoms with E-state index in [4.69, 9.17) is 4.74 Å². The zero-order valence-corrected chi connectivity index (χ0v) is 17.7. The number of nitrogens with zero attached hydrogens (tertiary/aromatic N) is 4. The molecule has 1 aromatic carbocycles. The Balaban J connectivity index is 1.42. The lowest BCUT2D eigenvalue weighted by molar-refractivity contribution is -0.153. The quantitative estimate of drug-likeness (QED) is 0.778. The van der Waals surface area contributed by atoms with E-state index in [9.17, 15) is 9.59 Å². The number of benzene rings is 1. The average Bonchev–Trinajstić information content (AvgIpc) is 3.19. The minimum atomic E-state index is -0.418. The molecule has 2 aliphatic heterocycles. The fourth-order valence-corrected chi connectivity index (χ4v) is 4.28. The highest BCUT2D eigenvalue weighted by molar-refractivity contribution is 5.97. The van der Waals surface area contributed by atoms with E-state index >= 15 is 0 Å². The fraction of sp³-hybridized carbons (Fsp3) is 0.500. The molecule has 2 aromatic rings. The van der Waals surface area contributed by atoms with Gasteiger partial charge in [0.2, 0.25) is 11.8 Å². The van der Waals surface area contributed by atoms with Crippen LogP contribution < -0.4 is 10.1 Å². The smallest absolute Gasteiger partial charge is 0.245 e. The molecular formula is C22H29N5O3. The summed E-state index contributed by atoms with van der Waals surface area (Å²) in [7, 11) is 1.64. The third kappa shape index (κ3) is 4.05. The molecule has 30 heavy (non-hydrogen) atoms. The Morgan fingerprint density at radius 2 is 2.03 bits per heavy atom. The molecule has 0 saturated carbocycles. The molecule has 0 aliphatic carbocycles. The zero-order chi connectivity index (χ0) is 21.3. The van der Waals surface area contributed by atoms with Crippen LogP contribution in [-0.2, 0) is 16.1 Å². The van der Waals surface area contributed by atoms with E-state index in [0.717, 1.165) is 23.5 Å². The second-order valence-corrected chi connectivity index (χ2v) is 8.44. The topological polar surface area (TPSA) is 79.7 Å². The number of ether oxygens (including phenoxy) is 1. The largest absolute Gasteiger partial charge is 0.494 e. The van der Waals surface area contributed by atoms with E-state index in [1.807, 2.05) is 36.7 Å². The van der Waals surface area contributed by atoms with E-state index in [0.29, 0.717) is 32.0 Å². The Morgan fingerprint density at radius 3 is 2.80 bits per heavy atom. The first-order valence-electron chi connectivity index (χ1n) is 10.5. The van der Waals surface area contributed by atoms with Crippen LogP contribution in [0, 0.1) is 5.92 Å². The maximum Gasteiger partial charge on any atom is 0.245 e. The first kappa shape index (κ1) is 20.4. The van der Waals surface area contributed by atoms with Gasteiger partial charge in [0.25, 0.3) is 0 Å². The Hall–Kier alpha value is -2.87. The SMILES string of the molecule is COc1ccccc1-n1cc(CN2CCN3C(=O)[C@H](CC(C)C)NC(=O)[C@H]3C2)cn1. The Labute approximate surface area is 176 Å². The van der Waals surface area contributed by atoms with E-state index < -0.39 is 6.04 Å². The van der Waals surface area contributed by atoms with Crippen LogP contribution in [0.2, 0.25) is 0 Å². The van der Waals surface area contributed by atoms with E-state index in [1.54, 1.807) is 16.7 Å². The van der Waals surface area contributed by atoms with Crippen molar-refractivity contribution < 1.29 is 14.3 Å². The molecule has 0 bridgehead atoms. The number of carbonyl (C=O) groups is 2. The molecule has 0 unspecified atom stereocenters. The normalized spacial score (nSPS) is 22.2. The number of nitrogens with one attached hydrogen (secondary N) is 1. The lowest BCUT2D eigenvalue weighted by atomic mass is 9.97. The van der Waals surface area contributed by atoms with Crippen molar-refractivity contribution in [3.05, 3.63) is 42.2 Å². The van der Waals surface area contributed by atoms with Gasteiger partial charge < -0.3 is 15.0 Å². The summed E-state index contributed by atoms with van der Waals surface area (Å²) in [6, 6.07) is 6.93. The summed E-state index contributed by atoms with van der Waals surface area (Å²) in [4.78, 5) is 29.4. The van der Waals surface area contributed by atoms with Gasteiger partial charge in [-0.05, 0) is 24.5 Å². The molecule has 2 aliphatic rings. The summed E-state index contributed by atoms with van der Waals surface area (Å²) in [5, 5.41) is 7.40. The van der Waals surface area contributed by atoms with Crippen molar-refractivity contribution in [1.82, 2.24) is 24.9 Å². The molecule has 8 heteroatoms. The molecule has 1 N–H and O–H groups in total. The number of fused-ring (bicyclic) bond motifs is 1. The predicted octanol–water partition coefficient (Wildman–Crippen LogP) is 1.44. The monoisotopic (exact) mass is 411 g/mol. The summed E-state index contributed by atoms with van der Waals surface area (Å²) in [6.45, 7) is 6.65. The number of amides is 2. The molecule has 2 fully saturated rings. The summed E-state index contributed by atoms with van der Waals surface area (Å²) in [5.41, 5.74) is 1.93. The van der Waals surface area contributed by atoms with Crippen LogP contribution in [0.4, 0.5) is 0 Å². The van der Waals surface area contributed by atoms with Crippen molar-refractivity contribution >= 4 is 11.8 Å². The number of carbonyl (C=O) groups excluding carboxylic acids is 2. The summed E-state index contributed by atoms with van der Waals surface area (Å²) in [6.07, 6.45) is 4.50. The second kappa shape index (κ2) is 8.47. The maximum atomic E-state index is 12.8. The number of hydrogen-bond acceptors (Lipinski definition) is 5. The summed E-state index contributed by atoms with van der Waals surface area (Å²) < 4.78 is 7.22. The Bertz CT molecular complexity index is 925. The van der Waals surface area contributed by atoms with Gasteiger partial charge in [0.15, 0.2) is 0 Å². The standard InChI is InChI=1S/C22H29N5O3/c1-15(2)10-17-22(29)26-9-8-25(14-19(26)21(28)24-17)12-16-11-23-27(13-16)18-6-4-5-7-20(18)30-3/h4-7,11,13,15,17,19H,8-10,12,14H2,1-3H3,(H,24,28)/t17-,19+/m0/s1. The van der Waals surface area contributed by atoms with Gasteiger partial charge in [-0.2, -0.15) is 5.10 Å². The molecule has 2 atom stereocenters. The van der Waals surface area contributed by atoms with Gasteiger partial charge in [0.1, 0.15) is 23.5 Å². The van der Waals surface area contributed by atoms with Crippen LogP contribution in [0.25, 0.3) is 5.69 Å². The lowest BCUT2D eigenvalue weighted by Crippen LogP contribution is -2.69. The van der Waals surface area contributed by atoms with Gasteiger partial charge in [-0.3, -0.25) is 14.5 Å². The van der Waals surface area contributed by atoms with Crippen LogP contribution in [-0.4, -0.2) is 70.2 Å². The van der Waals surface area contributed by atoms with Crippen molar-refractivity contribution in [3.8, 4) is 11.4 Å². The van der Waals surface area contributed by atoms with Crippen LogP contribution in [0.3, 0.4) is 0 Å². The molecule has 3 heterocycles.